The highest BCUT2D eigenvalue weighted by Crippen LogP contribution is 2.19. The van der Waals surface area contributed by atoms with E-state index in [0.717, 1.165) is 31.6 Å². The van der Waals surface area contributed by atoms with Gasteiger partial charge < -0.3 is 5.11 Å². The average Bonchev–Trinajstić information content (AvgIpc) is 2.65. The van der Waals surface area contributed by atoms with E-state index in [-0.39, 0.29) is 6.61 Å². The van der Waals surface area contributed by atoms with Crippen LogP contribution >= 0.6 is 11.6 Å². The van der Waals surface area contributed by atoms with Crippen molar-refractivity contribution in [3.63, 3.8) is 0 Å². The number of rotatable bonds is 3. The maximum absolute atomic E-state index is 9.18. The van der Waals surface area contributed by atoms with Crippen molar-refractivity contribution in [3.05, 3.63) is 29.0 Å². The van der Waals surface area contributed by atoms with Crippen LogP contribution in [0.25, 0.3) is 0 Å². The zero-order chi connectivity index (χ0) is 10.7. The normalized spacial score (nSPS) is 22.1. The number of aliphatic hydroxyl groups excluding tert-OH is 1. The molecule has 2 rings (SSSR count). The van der Waals surface area contributed by atoms with Crippen LogP contribution in [0.2, 0.25) is 5.15 Å². The molecule has 1 aliphatic heterocycles. The van der Waals surface area contributed by atoms with Crippen molar-refractivity contribution < 1.29 is 5.11 Å². The molecule has 4 heteroatoms. The minimum Gasteiger partial charge on any atom is -0.395 e. The summed E-state index contributed by atoms with van der Waals surface area (Å²) >= 11 is 5.82. The molecule has 1 aromatic rings. The van der Waals surface area contributed by atoms with Crippen LogP contribution in [0.5, 0.6) is 0 Å². The smallest absolute Gasteiger partial charge is 0.129 e. The summed E-state index contributed by atoms with van der Waals surface area (Å²) in [6.07, 6.45) is 2.24. The second-order valence-corrected chi connectivity index (χ2v) is 4.29. The SMILES string of the molecule is OC[C@@H]1CCCN1Cc1cccc(Cl)n1. The fourth-order valence-electron chi connectivity index (χ4n) is 2.06. The van der Waals surface area contributed by atoms with Crippen molar-refractivity contribution in [2.75, 3.05) is 13.2 Å². The van der Waals surface area contributed by atoms with Gasteiger partial charge in [-0.15, -0.1) is 0 Å². The Hall–Kier alpha value is -0.640. The summed E-state index contributed by atoms with van der Waals surface area (Å²) in [5.41, 5.74) is 0.975. The summed E-state index contributed by atoms with van der Waals surface area (Å²) in [4.78, 5) is 6.51. The molecule has 1 atom stereocenters. The maximum Gasteiger partial charge on any atom is 0.129 e. The molecule has 1 aromatic heterocycles. The largest absolute Gasteiger partial charge is 0.395 e. The summed E-state index contributed by atoms with van der Waals surface area (Å²) in [7, 11) is 0. The van der Waals surface area contributed by atoms with Gasteiger partial charge in [0, 0.05) is 12.6 Å². The van der Waals surface area contributed by atoms with Crippen molar-refractivity contribution in [1.82, 2.24) is 9.88 Å². The molecule has 0 aromatic carbocycles. The standard InChI is InChI=1S/C11H15ClN2O/c12-11-5-1-3-9(13-11)7-14-6-2-4-10(14)8-15/h1,3,5,10,15H,2,4,6-8H2/t10-/m0/s1. The molecule has 0 unspecified atom stereocenters. The van der Waals surface area contributed by atoms with Gasteiger partial charge in [0.2, 0.25) is 0 Å². The van der Waals surface area contributed by atoms with Crippen LogP contribution in [0.1, 0.15) is 18.5 Å². The van der Waals surface area contributed by atoms with E-state index in [9.17, 15) is 5.11 Å². The van der Waals surface area contributed by atoms with E-state index in [1.807, 2.05) is 12.1 Å². The van der Waals surface area contributed by atoms with Gasteiger partial charge in [-0.3, -0.25) is 4.90 Å². The van der Waals surface area contributed by atoms with E-state index >= 15 is 0 Å². The first-order chi connectivity index (χ1) is 7.29. The highest BCUT2D eigenvalue weighted by molar-refractivity contribution is 6.29. The highest BCUT2D eigenvalue weighted by atomic mass is 35.5. The molecule has 1 fully saturated rings. The molecular weight excluding hydrogens is 212 g/mol. The molecule has 15 heavy (non-hydrogen) atoms. The van der Waals surface area contributed by atoms with Crippen LogP contribution in [-0.2, 0) is 6.54 Å². The minimum atomic E-state index is 0.237. The highest BCUT2D eigenvalue weighted by Gasteiger charge is 2.23. The summed E-state index contributed by atoms with van der Waals surface area (Å²) < 4.78 is 0. The molecule has 1 saturated heterocycles. The zero-order valence-corrected chi connectivity index (χ0v) is 9.32. The van der Waals surface area contributed by atoms with Crippen LogP contribution in [0.4, 0.5) is 0 Å². The Bertz CT molecular complexity index is 332. The van der Waals surface area contributed by atoms with Crippen LogP contribution < -0.4 is 0 Å². The third-order valence-corrected chi connectivity index (χ3v) is 3.06. The number of hydrogen-bond donors (Lipinski definition) is 1. The second-order valence-electron chi connectivity index (χ2n) is 3.90. The Labute approximate surface area is 94.7 Å². The number of hydrogen-bond acceptors (Lipinski definition) is 3. The molecule has 2 heterocycles. The third-order valence-electron chi connectivity index (χ3n) is 2.85. The Morgan fingerprint density at radius 2 is 2.40 bits per heavy atom. The van der Waals surface area contributed by atoms with Crippen molar-refractivity contribution in [2.24, 2.45) is 0 Å². The molecule has 0 spiro atoms. The first-order valence-electron chi connectivity index (χ1n) is 5.26. The lowest BCUT2D eigenvalue weighted by Gasteiger charge is -2.21. The summed E-state index contributed by atoms with van der Waals surface area (Å²) in [5, 5.41) is 9.72. The lowest BCUT2D eigenvalue weighted by molar-refractivity contribution is 0.152. The van der Waals surface area contributed by atoms with Gasteiger partial charge in [0.25, 0.3) is 0 Å². The van der Waals surface area contributed by atoms with E-state index in [4.69, 9.17) is 11.6 Å². The van der Waals surface area contributed by atoms with E-state index in [0.29, 0.717) is 11.2 Å². The van der Waals surface area contributed by atoms with Gasteiger partial charge in [-0.1, -0.05) is 17.7 Å². The van der Waals surface area contributed by atoms with Crippen molar-refractivity contribution >= 4 is 11.6 Å². The summed E-state index contributed by atoms with van der Waals surface area (Å²) in [6, 6.07) is 5.96. The minimum absolute atomic E-state index is 0.237. The van der Waals surface area contributed by atoms with Crippen LogP contribution in [0, 0.1) is 0 Å². The summed E-state index contributed by atoms with van der Waals surface area (Å²) in [6.45, 7) is 2.06. The zero-order valence-electron chi connectivity index (χ0n) is 8.56. The van der Waals surface area contributed by atoms with Crippen molar-refractivity contribution in [2.45, 2.75) is 25.4 Å². The number of likely N-dealkylation sites (tertiary alicyclic amines) is 1. The quantitative estimate of drug-likeness (QED) is 0.797. The molecule has 1 N–H and O–H groups in total. The molecule has 3 nitrogen and oxygen atoms in total. The van der Waals surface area contributed by atoms with E-state index in [2.05, 4.69) is 9.88 Å². The lowest BCUT2D eigenvalue weighted by atomic mass is 10.2. The average molecular weight is 227 g/mol. The number of nitrogens with zero attached hydrogens (tertiary/aromatic N) is 2. The van der Waals surface area contributed by atoms with E-state index in [1.54, 1.807) is 6.07 Å². The predicted molar refractivity (Wildman–Crippen MR) is 59.8 cm³/mol. The number of aromatic nitrogens is 1. The molecule has 0 bridgehead atoms. The monoisotopic (exact) mass is 226 g/mol. The topological polar surface area (TPSA) is 36.4 Å². The predicted octanol–water partition coefficient (Wildman–Crippen LogP) is 1.69. The van der Waals surface area contributed by atoms with Gasteiger partial charge in [-0.2, -0.15) is 0 Å². The fraction of sp³-hybridized carbons (Fsp3) is 0.545. The maximum atomic E-state index is 9.18. The fourth-order valence-corrected chi connectivity index (χ4v) is 2.24. The first kappa shape index (κ1) is 10.9. The van der Waals surface area contributed by atoms with E-state index < -0.39 is 0 Å². The van der Waals surface area contributed by atoms with Gasteiger partial charge in [0.15, 0.2) is 0 Å². The summed E-state index contributed by atoms with van der Waals surface area (Å²) in [5.74, 6) is 0. The Morgan fingerprint density at radius 3 is 3.13 bits per heavy atom. The molecule has 1 aliphatic rings. The molecule has 0 amide bonds. The van der Waals surface area contributed by atoms with Crippen molar-refractivity contribution in [1.29, 1.82) is 0 Å². The van der Waals surface area contributed by atoms with Gasteiger partial charge in [0.1, 0.15) is 5.15 Å². The molecule has 0 saturated carbocycles. The van der Waals surface area contributed by atoms with Gasteiger partial charge in [-0.05, 0) is 31.5 Å². The second kappa shape index (κ2) is 4.92. The van der Waals surface area contributed by atoms with Gasteiger partial charge in [0.05, 0.1) is 12.3 Å². The first-order valence-corrected chi connectivity index (χ1v) is 5.64. The molecule has 0 radical (unpaired) electrons. The van der Waals surface area contributed by atoms with Gasteiger partial charge in [-0.25, -0.2) is 4.98 Å². The lowest BCUT2D eigenvalue weighted by Crippen LogP contribution is -2.31. The van der Waals surface area contributed by atoms with Crippen molar-refractivity contribution in [3.8, 4) is 0 Å². The van der Waals surface area contributed by atoms with Crippen LogP contribution in [0.15, 0.2) is 18.2 Å². The Morgan fingerprint density at radius 1 is 1.53 bits per heavy atom. The third kappa shape index (κ3) is 2.68. The Kier molecular flexibility index (Phi) is 3.57. The van der Waals surface area contributed by atoms with E-state index in [1.165, 1.54) is 0 Å². The number of pyridine rings is 1. The molecular formula is C11H15ClN2O. The van der Waals surface area contributed by atoms with Crippen LogP contribution in [0.3, 0.4) is 0 Å². The molecule has 82 valence electrons. The molecule has 0 aliphatic carbocycles. The van der Waals surface area contributed by atoms with Crippen LogP contribution in [-0.4, -0.2) is 34.2 Å². The number of halogens is 1. The Balaban J connectivity index is 2.02. The van der Waals surface area contributed by atoms with Gasteiger partial charge >= 0.3 is 0 Å². The number of aliphatic hydroxyl groups is 1.